The van der Waals surface area contributed by atoms with Crippen LogP contribution in [0.3, 0.4) is 0 Å². The average Bonchev–Trinajstić information content (AvgIpc) is 2.70. The molecule has 0 atom stereocenters. The molecule has 0 bridgehead atoms. The zero-order valence-electron chi connectivity index (χ0n) is 9.82. The van der Waals surface area contributed by atoms with Gasteiger partial charge in [-0.3, -0.25) is 0 Å². The second-order valence-corrected chi connectivity index (χ2v) is 4.74. The van der Waals surface area contributed by atoms with Crippen LogP contribution in [-0.4, -0.2) is 9.55 Å². The summed E-state index contributed by atoms with van der Waals surface area (Å²) >= 11 is 5.72. The number of imidazole rings is 1. The molecule has 0 aliphatic heterocycles. The summed E-state index contributed by atoms with van der Waals surface area (Å²) in [7, 11) is 0. The topological polar surface area (TPSA) is 17.8 Å². The van der Waals surface area contributed by atoms with Crippen LogP contribution >= 0.6 is 11.6 Å². The van der Waals surface area contributed by atoms with Gasteiger partial charge < -0.3 is 4.57 Å². The van der Waals surface area contributed by atoms with Gasteiger partial charge in [0, 0.05) is 28.9 Å². The molecule has 0 N–H and O–H groups in total. The molecule has 0 amide bonds. The predicted octanol–water partition coefficient (Wildman–Crippen LogP) is 3.85. The van der Waals surface area contributed by atoms with Crippen LogP contribution in [0.25, 0.3) is 0 Å². The van der Waals surface area contributed by atoms with Crippen molar-refractivity contribution in [1.29, 1.82) is 0 Å². The minimum Gasteiger partial charge on any atom is -0.330 e. The zero-order chi connectivity index (χ0) is 12.4. The third kappa shape index (κ3) is 2.67. The van der Waals surface area contributed by atoms with Gasteiger partial charge in [0.15, 0.2) is 0 Å². The Balaban J connectivity index is 2.28. The van der Waals surface area contributed by atoms with Crippen LogP contribution in [-0.2, 0) is 6.54 Å². The summed E-state index contributed by atoms with van der Waals surface area (Å²) in [4.78, 5) is 4.27. The Morgan fingerprint density at radius 2 is 2.18 bits per heavy atom. The Morgan fingerprint density at radius 3 is 2.82 bits per heavy atom. The zero-order valence-corrected chi connectivity index (χ0v) is 10.6. The fourth-order valence-electron chi connectivity index (χ4n) is 1.79. The standard InChI is InChI=1S/C13H14ClFN2/c1-9(2)13-16-5-6-17(13)8-10-3-4-11(14)7-12(10)15/h3-7,9H,8H2,1-2H3. The quantitative estimate of drug-likeness (QED) is 0.811. The normalized spacial score (nSPS) is 11.1. The number of hydrogen-bond donors (Lipinski definition) is 0. The summed E-state index contributed by atoms with van der Waals surface area (Å²) in [6, 6.07) is 4.75. The number of benzene rings is 1. The second kappa shape index (κ2) is 4.88. The SMILES string of the molecule is CC(C)c1nccn1Cc1ccc(Cl)cc1F. The molecule has 90 valence electrons. The van der Waals surface area contributed by atoms with Gasteiger partial charge in [-0.2, -0.15) is 0 Å². The molecule has 4 heteroatoms. The molecule has 17 heavy (non-hydrogen) atoms. The third-order valence-corrected chi connectivity index (χ3v) is 2.85. The van der Waals surface area contributed by atoms with Crippen molar-refractivity contribution in [2.45, 2.75) is 26.3 Å². The van der Waals surface area contributed by atoms with Gasteiger partial charge in [0.2, 0.25) is 0 Å². The first-order chi connectivity index (χ1) is 8.08. The van der Waals surface area contributed by atoms with Gasteiger partial charge in [-0.1, -0.05) is 31.5 Å². The van der Waals surface area contributed by atoms with E-state index in [9.17, 15) is 4.39 Å². The van der Waals surface area contributed by atoms with Crippen LogP contribution in [0.2, 0.25) is 5.02 Å². The number of hydrogen-bond acceptors (Lipinski definition) is 1. The van der Waals surface area contributed by atoms with E-state index in [-0.39, 0.29) is 5.82 Å². The minimum absolute atomic E-state index is 0.277. The van der Waals surface area contributed by atoms with Crippen LogP contribution in [0.4, 0.5) is 4.39 Å². The van der Waals surface area contributed by atoms with Crippen LogP contribution in [0, 0.1) is 5.82 Å². The predicted molar refractivity (Wildman–Crippen MR) is 66.8 cm³/mol. The first-order valence-electron chi connectivity index (χ1n) is 5.53. The molecule has 1 aromatic carbocycles. The molecule has 0 spiro atoms. The van der Waals surface area contributed by atoms with E-state index < -0.39 is 0 Å². The van der Waals surface area contributed by atoms with Crippen LogP contribution in [0.5, 0.6) is 0 Å². The van der Waals surface area contributed by atoms with Gasteiger partial charge in [-0.05, 0) is 12.1 Å². The molecule has 0 fully saturated rings. The first-order valence-corrected chi connectivity index (χ1v) is 5.90. The highest BCUT2D eigenvalue weighted by Gasteiger charge is 2.09. The highest BCUT2D eigenvalue weighted by molar-refractivity contribution is 6.30. The summed E-state index contributed by atoms with van der Waals surface area (Å²) in [5, 5.41) is 0.418. The Labute approximate surface area is 105 Å². The van der Waals surface area contributed by atoms with Gasteiger partial charge in [0.25, 0.3) is 0 Å². The highest BCUT2D eigenvalue weighted by Crippen LogP contribution is 2.18. The lowest BCUT2D eigenvalue weighted by Gasteiger charge is -2.11. The van der Waals surface area contributed by atoms with E-state index >= 15 is 0 Å². The molecular formula is C13H14ClFN2. The molecule has 2 aromatic rings. The largest absolute Gasteiger partial charge is 0.330 e. The lowest BCUT2D eigenvalue weighted by atomic mass is 10.2. The van der Waals surface area contributed by atoms with E-state index in [0.29, 0.717) is 23.0 Å². The van der Waals surface area contributed by atoms with E-state index in [4.69, 9.17) is 11.6 Å². The van der Waals surface area contributed by atoms with Crippen LogP contribution < -0.4 is 0 Å². The summed E-state index contributed by atoms with van der Waals surface area (Å²) in [5.41, 5.74) is 0.620. The lowest BCUT2D eigenvalue weighted by molar-refractivity contribution is 0.588. The van der Waals surface area contributed by atoms with Crippen molar-refractivity contribution in [3.8, 4) is 0 Å². The molecule has 0 aliphatic carbocycles. The van der Waals surface area contributed by atoms with Gasteiger partial charge in [0.05, 0.1) is 6.54 Å². The Morgan fingerprint density at radius 1 is 1.41 bits per heavy atom. The maximum absolute atomic E-state index is 13.7. The van der Waals surface area contributed by atoms with Crippen molar-refractivity contribution < 1.29 is 4.39 Å². The van der Waals surface area contributed by atoms with Crippen molar-refractivity contribution in [2.75, 3.05) is 0 Å². The van der Waals surface area contributed by atoms with E-state index in [0.717, 1.165) is 5.82 Å². The molecule has 0 radical (unpaired) electrons. The molecule has 2 rings (SSSR count). The molecule has 0 saturated carbocycles. The Bertz CT molecular complexity index is 520. The first kappa shape index (κ1) is 12.1. The van der Waals surface area contributed by atoms with Gasteiger partial charge >= 0.3 is 0 Å². The summed E-state index contributed by atoms with van der Waals surface area (Å²) in [6.07, 6.45) is 3.60. The van der Waals surface area contributed by atoms with Gasteiger partial charge in [-0.15, -0.1) is 0 Å². The van der Waals surface area contributed by atoms with Crippen LogP contribution in [0.15, 0.2) is 30.6 Å². The fraction of sp³-hybridized carbons (Fsp3) is 0.308. The highest BCUT2D eigenvalue weighted by atomic mass is 35.5. The van der Waals surface area contributed by atoms with Crippen molar-refractivity contribution in [3.05, 3.63) is 52.8 Å². The van der Waals surface area contributed by atoms with E-state index in [1.807, 2.05) is 10.8 Å². The van der Waals surface area contributed by atoms with Crippen molar-refractivity contribution in [2.24, 2.45) is 0 Å². The van der Waals surface area contributed by atoms with E-state index in [1.54, 1.807) is 18.3 Å². The van der Waals surface area contributed by atoms with Gasteiger partial charge in [-0.25, -0.2) is 9.37 Å². The van der Waals surface area contributed by atoms with Crippen molar-refractivity contribution >= 4 is 11.6 Å². The molecule has 1 aromatic heterocycles. The molecule has 0 saturated heterocycles. The average molecular weight is 253 g/mol. The number of nitrogens with zero attached hydrogens (tertiary/aromatic N) is 2. The molecule has 0 unspecified atom stereocenters. The molecular weight excluding hydrogens is 239 g/mol. The fourth-order valence-corrected chi connectivity index (χ4v) is 1.95. The van der Waals surface area contributed by atoms with Crippen molar-refractivity contribution in [1.82, 2.24) is 9.55 Å². The Hall–Kier alpha value is -1.35. The molecule has 2 nitrogen and oxygen atoms in total. The lowest BCUT2D eigenvalue weighted by Crippen LogP contribution is -2.07. The second-order valence-electron chi connectivity index (χ2n) is 4.30. The van der Waals surface area contributed by atoms with E-state index in [1.165, 1.54) is 6.07 Å². The monoisotopic (exact) mass is 252 g/mol. The Kier molecular flexibility index (Phi) is 3.48. The maximum Gasteiger partial charge on any atom is 0.129 e. The number of aromatic nitrogens is 2. The number of rotatable bonds is 3. The van der Waals surface area contributed by atoms with Crippen LogP contribution in [0.1, 0.15) is 31.2 Å². The smallest absolute Gasteiger partial charge is 0.129 e. The summed E-state index contributed by atoms with van der Waals surface area (Å²) < 4.78 is 15.6. The minimum atomic E-state index is -0.277. The summed E-state index contributed by atoms with van der Waals surface area (Å²) in [6.45, 7) is 4.62. The third-order valence-electron chi connectivity index (χ3n) is 2.62. The van der Waals surface area contributed by atoms with Crippen molar-refractivity contribution in [3.63, 3.8) is 0 Å². The van der Waals surface area contributed by atoms with Gasteiger partial charge in [0.1, 0.15) is 11.6 Å². The summed E-state index contributed by atoms with van der Waals surface area (Å²) in [5.74, 6) is 1.00. The molecule has 0 aliphatic rings. The maximum atomic E-state index is 13.7. The number of halogens is 2. The molecule has 1 heterocycles. The van der Waals surface area contributed by atoms with E-state index in [2.05, 4.69) is 18.8 Å².